The molecule has 2 N–H and O–H groups in total. The zero-order valence-corrected chi connectivity index (χ0v) is 16.9. The molecule has 1 aromatic rings. The Labute approximate surface area is 158 Å². The Bertz CT molecular complexity index is 453. The monoisotopic (exact) mass is 430 g/mol. The van der Waals surface area contributed by atoms with Crippen molar-refractivity contribution in [2.75, 3.05) is 33.2 Å². The van der Waals surface area contributed by atoms with Crippen LogP contribution in [0, 0.1) is 11.8 Å². The van der Waals surface area contributed by atoms with E-state index >= 15 is 0 Å². The average Bonchev–Trinajstić information content (AvgIpc) is 2.50. The molecule has 1 fully saturated rings. The molecule has 0 amide bonds. The Morgan fingerprint density at radius 1 is 1.13 bits per heavy atom. The highest BCUT2D eigenvalue weighted by Crippen LogP contribution is 2.20. The SMILES string of the molecule is CN=C(NCCN1CC(C)CC(C)C1)NCc1ccccc1.I. The lowest BCUT2D eigenvalue weighted by molar-refractivity contribution is 0.143. The van der Waals surface area contributed by atoms with Gasteiger partial charge in [0.15, 0.2) is 5.96 Å². The molecule has 0 saturated carbocycles. The highest BCUT2D eigenvalue weighted by Gasteiger charge is 2.21. The third-order valence-electron chi connectivity index (χ3n) is 4.19. The van der Waals surface area contributed by atoms with E-state index in [1.165, 1.54) is 25.1 Å². The number of aliphatic imine (C=N–C) groups is 1. The van der Waals surface area contributed by atoms with E-state index in [4.69, 9.17) is 0 Å². The van der Waals surface area contributed by atoms with Gasteiger partial charge in [0.05, 0.1) is 0 Å². The Hall–Kier alpha value is -0.820. The number of nitrogens with zero attached hydrogens (tertiary/aromatic N) is 2. The van der Waals surface area contributed by atoms with E-state index in [1.54, 1.807) is 0 Å². The summed E-state index contributed by atoms with van der Waals surface area (Å²) in [5.41, 5.74) is 1.27. The van der Waals surface area contributed by atoms with Crippen LogP contribution in [0.1, 0.15) is 25.8 Å². The molecule has 2 unspecified atom stereocenters. The molecule has 0 aliphatic carbocycles. The fraction of sp³-hybridized carbons (Fsp3) is 0.611. The van der Waals surface area contributed by atoms with Crippen molar-refractivity contribution in [1.82, 2.24) is 15.5 Å². The number of piperidine rings is 1. The molecule has 1 saturated heterocycles. The van der Waals surface area contributed by atoms with Crippen LogP contribution in [0.5, 0.6) is 0 Å². The summed E-state index contributed by atoms with van der Waals surface area (Å²) >= 11 is 0. The van der Waals surface area contributed by atoms with Crippen LogP contribution in [0.2, 0.25) is 0 Å². The fourth-order valence-electron chi connectivity index (χ4n) is 3.31. The van der Waals surface area contributed by atoms with E-state index in [2.05, 4.69) is 58.6 Å². The highest BCUT2D eigenvalue weighted by atomic mass is 127. The Morgan fingerprint density at radius 3 is 2.39 bits per heavy atom. The second-order valence-corrected chi connectivity index (χ2v) is 6.54. The minimum absolute atomic E-state index is 0. The summed E-state index contributed by atoms with van der Waals surface area (Å²) in [6.07, 6.45) is 1.37. The number of rotatable bonds is 5. The van der Waals surface area contributed by atoms with Crippen LogP contribution in [0.3, 0.4) is 0 Å². The third-order valence-corrected chi connectivity index (χ3v) is 4.19. The second kappa shape index (κ2) is 10.9. The van der Waals surface area contributed by atoms with Crippen molar-refractivity contribution in [3.05, 3.63) is 35.9 Å². The van der Waals surface area contributed by atoms with E-state index in [-0.39, 0.29) is 24.0 Å². The average molecular weight is 430 g/mol. The summed E-state index contributed by atoms with van der Waals surface area (Å²) in [7, 11) is 1.82. The van der Waals surface area contributed by atoms with Gasteiger partial charge in [-0.05, 0) is 23.8 Å². The number of benzene rings is 1. The summed E-state index contributed by atoms with van der Waals surface area (Å²) in [5, 5.41) is 6.78. The maximum atomic E-state index is 4.29. The number of halogens is 1. The molecule has 0 radical (unpaired) electrons. The van der Waals surface area contributed by atoms with Crippen molar-refractivity contribution in [3.63, 3.8) is 0 Å². The first kappa shape index (κ1) is 20.2. The van der Waals surface area contributed by atoms with Crippen LogP contribution in [-0.4, -0.2) is 44.1 Å². The first-order chi connectivity index (χ1) is 10.7. The van der Waals surface area contributed by atoms with Gasteiger partial charge in [-0.3, -0.25) is 4.99 Å². The number of likely N-dealkylation sites (tertiary alicyclic amines) is 1. The molecular formula is C18H31IN4. The second-order valence-electron chi connectivity index (χ2n) is 6.54. The van der Waals surface area contributed by atoms with Gasteiger partial charge in [0, 0.05) is 39.8 Å². The zero-order chi connectivity index (χ0) is 15.8. The standard InChI is InChI=1S/C18H30N4.HI/c1-15-11-16(2)14-22(13-15)10-9-20-18(19-3)21-12-17-7-5-4-6-8-17;/h4-8,15-16H,9-14H2,1-3H3,(H2,19,20,21);1H. The number of hydrogen-bond donors (Lipinski definition) is 2. The van der Waals surface area contributed by atoms with E-state index < -0.39 is 0 Å². The molecule has 0 bridgehead atoms. The maximum Gasteiger partial charge on any atom is 0.191 e. The van der Waals surface area contributed by atoms with E-state index in [0.29, 0.717) is 0 Å². The number of guanidine groups is 1. The first-order valence-corrected chi connectivity index (χ1v) is 8.38. The molecule has 0 spiro atoms. The van der Waals surface area contributed by atoms with Gasteiger partial charge in [0.1, 0.15) is 0 Å². The Balaban J connectivity index is 0.00000264. The molecule has 2 rings (SSSR count). The molecule has 130 valence electrons. The van der Waals surface area contributed by atoms with Crippen molar-refractivity contribution >= 4 is 29.9 Å². The van der Waals surface area contributed by atoms with Gasteiger partial charge in [0.2, 0.25) is 0 Å². The topological polar surface area (TPSA) is 39.7 Å². The van der Waals surface area contributed by atoms with E-state index in [1.807, 2.05) is 13.1 Å². The summed E-state index contributed by atoms with van der Waals surface area (Å²) < 4.78 is 0. The quantitative estimate of drug-likeness (QED) is 0.429. The molecular weight excluding hydrogens is 399 g/mol. The highest BCUT2D eigenvalue weighted by molar-refractivity contribution is 14.0. The van der Waals surface area contributed by atoms with Gasteiger partial charge < -0.3 is 15.5 Å². The molecule has 1 aliphatic rings. The number of hydrogen-bond acceptors (Lipinski definition) is 2. The number of nitrogens with one attached hydrogen (secondary N) is 2. The van der Waals surface area contributed by atoms with E-state index in [0.717, 1.165) is 37.4 Å². The van der Waals surface area contributed by atoms with Gasteiger partial charge in [0.25, 0.3) is 0 Å². The predicted octanol–water partition coefficient (Wildman–Crippen LogP) is 2.95. The summed E-state index contributed by atoms with van der Waals surface area (Å²) in [5.74, 6) is 2.51. The Kier molecular flexibility index (Phi) is 9.55. The van der Waals surface area contributed by atoms with Gasteiger partial charge >= 0.3 is 0 Å². The molecule has 2 atom stereocenters. The van der Waals surface area contributed by atoms with Crippen LogP contribution in [-0.2, 0) is 6.54 Å². The van der Waals surface area contributed by atoms with Crippen molar-refractivity contribution in [1.29, 1.82) is 0 Å². The Morgan fingerprint density at radius 2 is 1.78 bits per heavy atom. The molecule has 1 aliphatic heterocycles. The summed E-state index contributed by atoms with van der Waals surface area (Å²) in [4.78, 5) is 6.86. The molecule has 4 nitrogen and oxygen atoms in total. The maximum absolute atomic E-state index is 4.29. The largest absolute Gasteiger partial charge is 0.355 e. The van der Waals surface area contributed by atoms with Gasteiger partial charge in [-0.2, -0.15) is 0 Å². The minimum Gasteiger partial charge on any atom is -0.355 e. The van der Waals surface area contributed by atoms with Crippen molar-refractivity contribution in [3.8, 4) is 0 Å². The zero-order valence-electron chi connectivity index (χ0n) is 14.6. The van der Waals surface area contributed by atoms with Gasteiger partial charge in [-0.1, -0.05) is 44.2 Å². The van der Waals surface area contributed by atoms with Crippen molar-refractivity contribution in [2.24, 2.45) is 16.8 Å². The molecule has 5 heteroatoms. The van der Waals surface area contributed by atoms with Crippen LogP contribution in [0.25, 0.3) is 0 Å². The van der Waals surface area contributed by atoms with E-state index in [9.17, 15) is 0 Å². The van der Waals surface area contributed by atoms with Crippen molar-refractivity contribution < 1.29 is 0 Å². The van der Waals surface area contributed by atoms with Gasteiger partial charge in [-0.15, -0.1) is 24.0 Å². The van der Waals surface area contributed by atoms with Gasteiger partial charge in [-0.25, -0.2) is 0 Å². The van der Waals surface area contributed by atoms with Crippen LogP contribution in [0.4, 0.5) is 0 Å². The fourth-order valence-corrected chi connectivity index (χ4v) is 3.31. The molecule has 23 heavy (non-hydrogen) atoms. The predicted molar refractivity (Wildman–Crippen MR) is 109 cm³/mol. The van der Waals surface area contributed by atoms with Crippen LogP contribution in [0.15, 0.2) is 35.3 Å². The lowest BCUT2D eigenvalue weighted by Gasteiger charge is -2.35. The molecule has 1 heterocycles. The van der Waals surface area contributed by atoms with Crippen LogP contribution >= 0.6 is 24.0 Å². The molecule has 1 aromatic carbocycles. The lowest BCUT2D eigenvalue weighted by Crippen LogP contribution is -2.45. The first-order valence-electron chi connectivity index (χ1n) is 8.38. The smallest absolute Gasteiger partial charge is 0.191 e. The summed E-state index contributed by atoms with van der Waals surface area (Å²) in [6, 6.07) is 10.4. The minimum atomic E-state index is 0. The summed E-state index contributed by atoms with van der Waals surface area (Å²) in [6.45, 7) is 9.99. The third kappa shape index (κ3) is 7.52. The molecule has 0 aromatic heterocycles. The van der Waals surface area contributed by atoms with Crippen molar-refractivity contribution in [2.45, 2.75) is 26.8 Å². The van der Waals surface area contributed by atoms with Crippen LogP contribution < -0.4 is 10.6 Å². The lowest BCUT2D eigenvalue weighted by atomic mass is 9.92. The normalized spacial score (nSPS) is 22.3.